The van der Waals surface area contributed by atoms with Gasteiger partial charge in [0.2, 0.25) is 4.77 Å². The second kappa shape index (κ2) is 7.51. The van der Waals surface area contributed by atoms with Gasteiger partial charge in [0, 0.05) is 5.56 Å². The first-order valence-electron chi connectivity index (χ1n) is 7.57. The molecule has 2 N–H and O–H groups in total. The molecule has 0 aliphatic heterocycles. The number of nitrogens with zero attached hydrogens (tertiary/aromatic N) is 2. The summed E-state index contributed by atoms with van der Waals surface area (Å²) in [7, 11) is 0. The van der Waals surface area contributed by atoms with Gasteiger partial charge in [0.1, 0.15) is 5.75 Å². The molecule has 0 amide bonds. The lowest BCUT2D eigenvalue weighted by Crippen LogP contribution is -2.16. The summed E-state index contributed by atoms with van der Waals surface area (Å²) in [5.41, 5.74) is 5.27. The molecule has 1 aromatic heterocycles. The van der Waals surface area contributed by atoms with E-state index in [1.54, 1.807) is 4.68 Å². The van der Waals surface area contributed by atoms with E-state index in [-0.39, 0.29) is 0 Å². The third-order valence-electron chi connectivity index (χ3n) is 3.44. The van der Waals surface area contributed by atoms with Crippen LogP contribution in [0.15, 0.2) is 48.5 Å². The molecule has 1 heterocycles. The Hall–Kier alpha value is -2.31. The Morgan fingerprint density at radius 2 is 2.04 bits per heavy atom. The number of aromatic amines is 1. The Morgan fingerprint density at radius 3 is 2.75 bits per heavy atom. The van der Waals surface area contributed by atoms with Gasteiger partial charge in [0.25, 0.3) is 0 Å². The number of halogens is 1. The number of hydrogen-bond acceptors (Lipinski definition) is 4. The third-order valence-corrected chi connectivity index (χ3v) is 4.01. The molecule has 7 heteroatoms. The van der Waals surface area contributed by atoms with Crippen LogP contribution in [0.5, 0.6) is 5.75 Å². The van der Waals surface area contributed by atoms with Gasteiger partial charge in [0.05, 0.1) is 18.2 Å². The molecule has 24 heavy (non-hydrogen) atoms. The number of H-pyrrole nitrogens is 1. The van der Waals surface area contributed by atoms with Gasteiger partial charge in [0.15, 0.2) is 5.82 Å². The molecule has 2 aromatic carbocycles. The number of rotatable bonds is 6. The zero-order valence-electron chi connectivity index (χ0n) is 13.1. The summed E-state index contributed by atoms with van der Waals surface area (Å²) < 4.78 is 7.71. The van der Waals surface area contributed by atoms with Crippen LogP contribution in [0.3, 0.4) is 0 Å². The van der Waals surface area contributed by atoms with Crippen molar-refractivity contribution in [2.24, 2.45) is 0 Å². The first-order chi connectivity index (χ1) is 11.7. The van der Waals surface area contributed by atoms with Crippen molar-refractivity contribution in [1.82, 2.24) is 14.9 Å². The Labute approximate surface area is 150 Å². The van der Waals surface area contributed by atoms with Crippen LogP contribution in [0, 0.1) is 4.77 Å². The molecule has 0 aliphatic rings. The predicted octanol–water partition coefficient (Wildman–Crippen LogP) is 4.40. The quantitative estimate of drug-likeness (QED) is 0.639. The lowest BCUT2D eigenvalue weighted by Gasteiger charge is -2.12. The molecule has 0 saturated heterocycles. The van der Waals surface area contributed by atoms with Crippen LogP contribution in [0.1, 0.15) is 12.5 Å². The maximum absolute atomic E-state index is 6.23. The van der Waals surface area contributed by atoms with E-state index in [1.807, 2.05) is 55.5 Å². The summed E-state index contributed by atoms with van der Waals surface area (Å²) in [6.07, 6.45) is 0. The number of hydrogen-bond donors (Lipinski definition) is 2. The molecule has 0 fully saturated rings. The van der Waals surface area contributed by atoms with E-state index in [0.29, 0.717) is 28.7 Å². The van der Waals surface area contributed by atoms with E-state index >= 15 is 0 Å². The molecule has 3 rings (SSSR count). The van der Waals surface area contributed by atoms with E-state index in [2.05, 4.69) is 15.6 Å². The predicted molar refractivity (Wildman–Crippen MR) is 98.5 cm³/mol. The molecule has 0 unspecified atom stereocenters. The Balaban J connectivity index is 1.79. The van der Waals surface area contributed by atoms with Gasteiger partial charge in [-0.1, -0.05) is 48.0 Å². The summed E-state index contributed by atoms with van der Waals surface area (Å²) in [5.74, 6) is 1.42. The molecule has 124 valence electrons. The second-order valence-electron chi connectivity index (χ2n) is 5.09. The van der Waals surface area contributed by atoms with Gasteiger partial charge < -0.3 is 10.2 Å². The summed E-state index contributed by atoms with van der Waals surface area (Å²) >= 11 is 11.5. The smallest absolute Gasteiger partial charge is 0.214 e. The number of ether oxygens (including phenoxy) is 1. The standard InChI is InChI=1S/C17H17ClN4OS/c1-2-23-15-9-8-12(10-14(15)18)11-19-22-16(20-21-17(22)24)13-6-4-3-5-7-13/h3-10,19H,2,11H2,1H3,(H,21,24). The average Bonchev–Trinajstić information content (AvgIpc) is 2.97. The average molecular weight is 361 g/mol. The molecule has 0 bridgehead atoms. The van der Waals surface area contributed by atoms with Gasteiger partial charge in [-0.2, -0.15) is 5.10 Å². The van der Waals surface area contributed by atoms with E-state index < -0.39 is 0 Å². The minimum atomic E-state index is 0.505. The van der Waals surface area contributed by atoms with E-state index in [4.69, 9.17) is 28.6 Å². The van der Waals surface area contributed by atoms with Gasteiger partial charge in [-0.15, -0.1) is 0 Å². The molecular formula is C17H17ClN4OS. The SMILES string of the molecule is CCOc1ccc(CNn2c(-c3ccccc3)n[nH]c2=S)cc1Cl. The number of nitrogens with one attached hydrogen (secondary N) is 2. The fourth-order valence-electron chi connectivity index (χ4n) is 2.32. The molecule has 0 saturated carbocycles. The molecule has 5 nitrogen and oxygen atoms in total. The van der Waals surface area contributed by atoms with Crippen molar-refractivity contribution in [1.29, 1.82) is 0 Å². The number of benzene rings is 2. The maximum Gasteiger partial charge on any atom is 0.214 e. The highest BCUT2D eigenvalue weighted by Crippen LogP contribution is 2.25. The lowest BCUT2D eigenvalue weighted by atomic mass is 10.2. The summed E-state index contributed by atoms with van der Waals surface area (Å²) in [6.45, 7) is 3.07. The Kier molecular flexibility index (Phi) is 5.17. The van der Waals surface area contributed by atoms with Crippen molar-refractivity contribution < 1.29 is 4.74 Å². The third kappa shape index (κ3) is 3.60. The minimum Gasteiger partial charge on any atom is -0.492 e. The highest BCUT2D eigenvalue weighted by molar-refractivity contribution is 7.71. The van der Waals surface area contributed by atoms with Crippen molar-refractivity contribution in [2.45, 2.75) is 13.5 Å². The number of aromatic nitrogens is 3. The molecule has 3 aromatic rings. The van der Waals surface area contributed by atoms with Gasteiger partial charge in [-0.25, -0.2) is 9.77 Å². The lowest BCUT2D eigenvalue weighted by molar-refractivity contribution is 0.340. The zero-order chi connectivity index (χ0) is 16.9. The first-order valence-corrected chi connectivity index (χ1v) is 8.35. The van der Waals surface area contributed by atoms with Crippen LogP contribution in [0.2, 0.25) is 5.02 Å². The van der Waals surface area contributed by atoms with Crippen LogP contribution in [-0.4, -0.2) is 21.5 Å². The van der Waals surface area contributed by atoms with Crippen molar-refractivity contribution in [3.8, 4) is 17.1 Å². The van der Waals surface area contributed by atoms with Gasteiger partial charge in [-0.05, 0) is 36.8 Å². The molecular weight excluding hydrogens is 344 g/mol. The summed E-state index contributed by atoms with van der Waals surface area (Å²) in [5, 5.41) is 7.70. The maximum atomic E-state index is 6.23. The van der Waals surface area contributed by atoms with Gasteiger partial charge >= 0.3 is 0 Å². The fraction of sp³-hybridized carbons (Fsp3) is 0.176. The van der Waals surface area contributed by atoms with E-state index in [1.165, 1.54) is 0 Å². The highest BCUT2D eigenvalue weighted by atomic mass is 35.5. The summed E-state index contributed by atoms with van der Waals surface area (Å²) in [4.78, 5) is 0. The largest absolute Gasteiger partial charge is 0.492 e. The highest BCUT2D eigenvalue weighted by Gasteiger charge is 2.09. The van der Waals surface area contributed by atoms with Crippen LogP contribution >= 0.6 is 23.8 Å². The van der Waals surface area contributed by atoms with Crippen LogP contribution in [-0.2, 0) is 6.54 Å². The summed E-state index contributed by atoms with van der Waals surface area (Å²) in [6, 6.07) is 15.6. The zero-order valence-corrected chi connectivity index (χ0v) is 14.7. The molecule has 0 radical (unpaired) electrons. The topological polar surface area (TPSA) is 54.9 Å². The van der Waals surface area contributed by atoms with Crippen LogP contribution < -0.4 is 10.2 Å². The molecule has 0 aliphatic carbocycles. The minimum absolute atomic E-state index is 0.505. The monoisotopic (exact) mass is 360 g/mol. The van der Waals surface area contributed by atoms with Crippen molar-refractivity contribution in [3.05, 3.63) is 63.9 Å². The van der Waals surface area contributed by atoms with Crippen LogP contribution in [0.4, 0.5) is 0 Å². The van der Waals surface area contributed by atoms with E-state index in [9.17, 15) is 0 Å². The first kappa shape index (κ1) is 16.5. The Morgan fingerprint density at radius 1 is 1.25 bits per heavy atom. The van der Waals surface area contributed by atoms with Crippen molar-refractivity contribution in [3.63, 3.8) is 0 Å². The van der Waals surface area contributed by atoms with Crippen molar-refractivity contribution >= 4 is 23.8 Å². The van der Waals surface area contributed by atoms with Gasteiger partial charge in [-0.3, -0.25) is 0 Å². The fourth-order valence-corrected chi connectivity index (χ4v) is 2.78. The molecule has 0 spiro atoms. The molecule has 0 atom stereocenters. The van der Waals surface area contributed by atoms with E-state index in [0.717, 1.165) is 17.0 Å². The normalized spacial score (nSPS) is 10.6. The Bertz CT molecular complexity index is 876. The second-order valence-corrected chi connectivity index (χ2v) is 5.88. The van der Waals surface area contributed by atoms with Crippen molar-refractivity contribution in [2.75, 3.05) is 12.0 Å². The van der Waals surface area contributed by atoms with Crippen LogP contribution in [0.25, 0.3) is 11.4 Å².